The Balaban J connectivity index is 2.39. The molecule has 1 aromatic carbocycles. The summed E-state index contributed by atoms with van der Waals surface area (Å²) < 4.78 is 4.92. The van der Waals surface area contributed by atoms with Crippen LogP contribution in [-0.4, -0.2) is 41.0 Å². The molecule has 22 heavy (non-hydrogen) atoms. The van der Waals surface area contributed by atoms with Gasteiger partial charge in [0.25, 0.3) is 0 Å². The largest absolute Gasteiger partial charge is 0.477 e. The lowest BCUT2D eigenvalue weighted by Crippen LogP contribution is -2.23. The Hall–Kier alpha value is -2.22. The number of aliphatic hydroxyl groups is 2. The van der Waals surface area contributed by atoms with Crippen molar-refractivity contribution in [1.29, 1.82) is 0 Å². The van der Waals surface area contributed by atoms with E-state index in [0.717, 1.165) is 0 Å². The van der Waals surface area contributed by atoms with Crippen LogP contribution in [0.1, 0.15) is 28.4 Å². The molecule has 2 rings (SSSR count). The minimum Gasteiger partial charge on any atom is -0.477 e. The molecule has 2 aromatic rings. The highest BCUT2D eigenvalue weighted by Gasteiger charge is 2.19. The third-order valence-electron chi connectivity index (χ3n) is 3.38. The molecule has 118 valence electrons. The van der Waals surface area contributed by atoms with Crippen LogP contribution in [0, 0.1) is 0 Å². The van der Waals surface area contributed by atoms with Gasteiger partial charge in [-0.1, -0.05) is 6.07 Å². The number of aromatic carboxylic acids is 1. The number of carbonyl (C=O) groups is 1. The summed E-state index contributed by atoms with van der Waals surface area (Å²) in [6.07, 6.45) is -1.71. The second-order valence-electron chi connectivity index (χ2n) is 4.95. The van der Waals surface area contributed by atoms with Crippen molar-refractivity contribution in [1.82, 2.24) is 5.32 Å². The van der Waals surface area contributed by atoms with Gasteiger partial charge in [0.15, 0.2) is 0 Å². The van der Waals surface area contributed by atoms with E-state index >= 15 is 0 Å². The number of hydrogen-bond acceptors (Lipinski definition) is 6. The molecule has 2 atom stereocenters. The monoisotopic (exact) mass is 307 g/mol. The standard InChI is InChI=1S/C15H17NO6/c1-16-5-4-11(17)13(18)8-2-3-12-9(6-8)7-10(14(19)20)15(21)22-12/h2-3,6-7,11,13,16-18H,4-5H2,1H3,(H,19,20). The molecule has 1 heterocycles. The number of fused-ring (bicyclic) bond motifs is 1. The summed E-state index contributed by atoms with van der Waals surface area (Å²) in [5, 5.41) is 32.2. The molecule has 1 aromatic heterocycles. The van der Waals surface area contributed by atoms with E-state index in [0.29, 0.717) is 23.9 Å². The van der Waals surface area contributed by atoms with Crippen molar-refractivity contribution >= 4 is 16.9 Å². The molecule has 0 aliphatic rings. The normalized spacial score (nSPS) is 14.0. The number of carboxylic acids is 1. The quantitative estimate of drug-likeness (QED) is 0.573. The lowest BCUT2D eigenvalue weighted by atomic mass is 10.00. The van der Waals surface area contributed by atoms with Crippen molar-refractivity contribution in [2.45, 2.75) is 18.6 Å². The maximum Gasteiger partial charge on any atom is 0.351 e. The van der Waals surface area contributed by atoms with Crippen LogP contribution in [-0.2, 0) is 0 Å². The maximum atomic E-state index is 11.5. The number of benzene rings is 1. The van der Waals surface area contributed by atoms with Gasteiger partial charge in [-0.05, 0) is 43.8 Å². The van der Waals surface area contributed by atoms with E-state index in [9.17, 15) is 19.8 Å². The zero-order chi connectivity index (χ0) is 16.3. The van der Waals surface area contributed by atoms with Crippen molar-refractivity contribution in [3.8, 4) is 0 Å². The van der Waals surface area contributed by atoms with Gasteiger partial charge in [0.05, 0.1) is 6.10 Å². The summed E-state index contributed by atoms with van der Waals surface area (Å²) in [5.74, 6) is -1.38. The summed E-state index contributed by atoms with van der Waals surface area (Å²) >= 11 is 0. The van der Waals surface area contributed by atoms with Crippen molar-refractivity contribution < 1.29 is 24.5 Å². The van der Waals surface area contributed by atoms with Crippen LogP contribution >= 0.6 is 0 Å². The molecular weight excluding hydrogens is 290 g/mol. The van der Waals surface area contributed by atoms with Crippen molar-refractivity contribution in [2.75, 3.05) is 13.6 Å². The van der Waals surface area contributed by atoms with Crippen LogP contribution < -0.4 is 10.9 Å². The van der Waals surface area contributed by atoms with Gasteiger partial charge in [0.2, 0.25) is 0 Å². The molecular formula is C15H17NO6. The first kappa shape index (κ1) is 16.2. The van der Waals surface area contributed by atoms with Crippen LogP contribution in [0.4, 0.5) is 0 Å². The van der Waals surface area contributed by atoms with E-state index in [-0.39, 0.29) is 5.58 Å². The highest BCUT2D eigenvalue weighted by atomic mass is 16.4. The first-order valence-electron chi connectivity index (χ1n) is 6.76. The van der Waals surface area contributed by atoms with Crippen molar-refractivity contribution in [3.05, 3.63) is 45.8 Å². The van der Waals surface area contributed by atoms with E-state index in [1.54, 1.807) is 7.05 Å². The third-order valence-corrected chi connectivity index (χ3v) is 3.38. The summed E-state index contributed by atoms with van der Waals surface area (Å²) in [6.45, 7) is 0.545. The molecule has 0 saturated carbocycles. The molecule has 0 bridgehead atoms. The van der Waals surface area contributed by atoms with Gasteiger partial charge in [0, 0.05) is 5.39 Å². The molecule has 0 fully saturated rings. The predicted molar refractivity (Wildman–Crippen MR) is 79.0 cm³/mol. The first-order valence-corrected chi connectivity index (χ1v) is 6.76. The Morgan fingerprint density at radius 2 is 2.05 bits per heavy atom. The van der Waals surface area contributed by atoms with Crippen molar-refractivity contribution in [3.63, 3.8) is 0 Å². The molecule has 7 nitrogen and oxygen atoms in total. The number of rotatable bonds is 6. The highest BCUT2D eigenvalue weighted by Crippen LogP contribution is 2.23. The Bertz CT molecular complexity index is 738. The van der Waals surface area contributed by atoms with E-state index in [1.807, 2.05) is 0 Å². The van der Waals surface area contributed by atoms with Gasteiger partial charge >= 0.3 is 11.6 Å². The minimum atomic E-state index is -1.38. The molecule has 0 spiro atoms. The van der Waals surface area contributed by atoms with Crippen LogP contribution in [0.15, 0.2) is 33.5 Å². The lowest BCUT2D eigenvalue weighted by molar-refractivity contribution is 0.0141. The number of aliphatic hydroxyl groups excluding tert-OH is 2. The average Bonchev–Trinajstić information content (AvgIpc) is 2.50. The van der Waals surface area contributed by atoms with Gasteiger partial charge in [0.1, 0.15) is 17.3 Å². The van der Waals surface area contributed by atoms with Crippen LogP contribution in [0.5, 0.6) is 0 Å². The Morgan fingerprint density at radius 3 is 2.68 bits per heavy atom. The molecule has 0 saturated heterocycles. The maximum absolute atomic E-state index is 11.5. The van der Waals surface area contributed by atoms with E-state index < -0.39 is 29.4 Å². The Morgan fingerprint density at radius 1 is 1.32 bits per heavy atom. The minimum absolute atomic E-state index is 0.218. The van der Waals surface area contributed by atoms with E-state index in [2.05, 4.69) is 5.32 Å². The number of nitrogens with one attached hydrogen (secondary N) is 1. The second kappa shape index (κ2) is 6.69. The molecule has 0 aliphatic carbocycles. The molecule has 4 N–H and O–H groups in total. The molecule has 7 heteroatoms. The van der Waals surface area contributed by atoms with Gasteiger partial charge in [-0.2, -0.15) is 0 Å². The van der Waals surface area contributed by atoms with Gasteiger partial charge in [-0.3, -0.25) is 0 Å². The van der Waals surface area contributed by atoms with Gasteiger partial charge in [-0.15, -0.1) is 0 Å². The molecule has 0 radical (unpaired) electrons. The molecule has 2 unspecified atom stereocenters. The van der Waals surface area contributed by atoms with Crippen LogP contribution in [0.2, 0.25) is 0 Å². The summed E-state index contributed by atoms with van der Waals surface area (Å²) in [6, 6.07) is 5.68. The average molecular weight is 307 g/mol. The SMILES string of the molecule is CNCCC(O)C(O)c1ccc2oc(=O)c(C(=O)O)cc2c1. The zero-order valence-electron chi connectivity index (χ0n) is 11.9. The lowest BCUT2D eigenvalue weighted by Gasteiger charge is -2.18. The molecule has 0 aliphatic heterocycles. The summed E-state index contributed by atoms with van der Waals surface area (Å²) in [7, 11) is 1.74. The summed E-state index contributed by atoms with van der Waals surface area (Å²) in [4.78, 5) is 22.4. The summed E-state index contributed by atoms with van der Waals surface area (Å²) in [5.41, 5.74) is -0.769. The fourth-order valence-corrected chi connectivity index (χ4v) is 2.15. The zero-order valence-corrected chi connectivity index (χ0v) is 11.9. The smallest absolute Gasteiger partial charge is 0.351 e. The highest BCUT2D eigenvalue weighted by molar-refractivity contribution is 5.91. The van der Waals surface area contributed by atoms with Crippen molar-refractivity contribution in [2.24, 2.45) is 0 Å². The Kier molecular flexibility index (Phi) is 4.92. The number of hydrogen-bond donors (Lipinski definition) is 4. The fraction of sp³-hybridized carbons (Fsp3) is 0.333. The van der Waals surface area contributed by atoms with E-state index in [4.69, 9.17) is 9.52 Å². The Labute approximate surface area is 125 Å². The van der Waals surface area contributed by atoms with Gasteiger partial charge in [-0.25, -0.2) is 9.59 Å². The molecule has 0 amide bonds. The second-order valence-corrected chi connectivity index (χ2v) is 4.95. The van der Waals surface area contributed by atoms with Gasteiger partial charge < -0.3 is 25.1 Å². The predicted octanol–water partition coefficient (Wildman–Crippen LogP) is 0.495. The first-order chi connectivity index (χ1) is 10.4. The fourth-order valence-electron chi connectivity index (χ4n) is 2.15. The topological polar surface area (TPSA) is 120 Å². The van der Waals surface area contributed by atoms with Crippen LogP contribution in [0.25, 0.3) is 11.0 Å². The van der Waals surface area contributed by atoms with Crippen LogP contribution in [0.3, 0.4) is 0 Å². The van der Waals surface area contributed by atoms with E-state index in [1.165, 1.54) is 24.3 Å². The third kappa shape index (κ3) is 3.33. The number of carboxylic acid groups (broad SMARTS) is 1.